The van der Waals surface area contributed by atoms with Crippen molar-refractivity contribution in [2.45, 2.75) is 13.8 Å². The molecule has 0 unspecified atom stereocenters. The van der Waals surface area contributed by atoms with E-state index in [1.54, 1.807) is 0 Å². The van der Waals surface area contributed by atoms with Crippen LogP contribution in [-0.4, -0.2) is 26.2 Å². The van der Waals surface area contributed by atoms with Crippen molar-refractivity contribution < 1.29 is 18.6 Å². The fourth-order valence-corrected chi connectivity index (χ4v) is 0.458. The van der Waals surface area contributed by atoms with Gasteiger partial charge in [-0.15, -0.1) is 0 Å². The first-order valence-corrected chi connectivity index (χ1v) is 3.18. The summed E-state index contributed by atoms with van der Waals surface area (Å²) in [6.45, 7) is 7.77. The fraction of sp³-hybridized carbons (Fsp3) is 1.00. The van der Waals surface area contributed by atoms with Crippen LogP contribution < -0.4 is 0 Å². The van der Waals surface area contributed by atoms with Gasteiger partial charge in [0.25, 0.3) is 0 Å². The standard InChI is InChI=1S/C6H14N2.V/c1-3-7-5-6-8-4-2;/h3-6H2,1-2H3;/q-2;+2. The van der Waals surface area contributed by atoms with E-state index in [0.717, 1.165) is 26.2 Å². The molecule has 53 valence electrons. The quantitative estimate of drug-likeness (QED) is 0.555. The Morgan fingerprint density at radius 3 is 1.44 bits per heavy atom. The Kier molecular flexibility index (Phi) is 15.4. The molecule has 1 radical (unpaired) electrons. The van der Waals surface area contributed by atoms with Crippen LogP contribution in [0.1, 0.15) is 13.8 Å². The van der Waals surface area contributed by atoms with E-state index < -0.39 is 0 Å². The predicted molar refractivity (Wildman–Crippen MR) is 37.5 cm³/mol. The van der Waals surface area contributed by atoms with E-state index in [2.05, 4.69) is 10.6 Å². The Bertz CT molecular complexity index is 36.0. The van der Waals surface area contributed by atoms with Gasteiger partial charge in [0.1, 0.15) is 0 Å². The van der Waals surface area contributed by atoms with Crippen molar-refractivity contribution in [3.63, 3.8) is 0 Å². The molecule has 3 heteroatoms. The Morgan fingerprint density at radius 2 is 1.22 bits per heavy atom. The number of likely N-dealkylation sites (N-methyl/N-ethyl adjacent to an activating group) is 2. The Balaban J connectivity index is 0. The first kappa shape index (κ1) is 12.2. The number of nitrogens with zero attached hydrogens (tertiary/aromatic N) is 2. The summed E-state index contributed by atoms with van der Waals surface area (Å²) in [6, 6.07) is 0. The fourth-order valence-electron chi connectivity index (χ4n) is 0.458. The second-order valence-electron chi connectivity index (χ2n) is 1.53. The Hall–Kier alpha value is 0.504. The van der Waals surface area contributed by atoms with Gasteiger partial charge in [0.2, 0.25) is 0 Å². The number of hydrogen-bond donors (Lipinski definition) is 0. The molecule has 0 rings (SSSR count). The van der Waals surface area contributed by atoms with Crippen molar-refractivity contribution >= 4 is 0 Å². The minimum absolute atomic E-state index is 0. The topological polar surface area (TPSA) is 28.2 Å². The minimum atomic E-state index is 0. The summed E-state index contributed by atoms with van der Waals surface area (Å²) in [5.41, 5.74) is 0. The summed E-state index contributed by atoms with van der Waals surface area (Å²) in [4.78, 5) is 0. The van der Waals surface area contributed by atoms with Gasteiger partial charge in [0, 0.05) is 0 Å². The monoisotopic (exact) mass is 165 g/mol. The van der Waals surface area contributed by atoms with Crippen LogP contribution in [0.25, 0.3) is 10.6 Å². The third-order valence-electron chi connectivity index (χ3n) is 0.863. The Morgan fingerprint density at radius 1 is 0.889 bits per heavy atom. The van der Waals surface area contributed by atoms with E-state index in [1.807, 2.05) is 13.8 Å². The van der Waals surface area contributed by atoms with Crippen LogP contribution in [0.3, 0.4) is 0 Å². The van der Waals surface area contributed by atoms with Crippen LogP contribution in [0, 0.1) is 0 Å². The van der Waals surface area contributed by atoms with E-state index in [1.165, 1.54) is 0 Å². The third kappa shape index (κ3) is 11.9. The molecule has 9 heavy (non-hydrogen) atoms. The second-order valence-corrected chi connectivity index (χ2v) is 1.53. The zero-order chi connectivity index (χ0) is 6.24. The molecular weight excluding hydrogens is 151 g/mol. The van der Waals surface area contributed by atoms with E-state index in [-0.39, 0.29) is 18.6 Å². The molecule has 0 atom stereocenters. The molecule has 0 saturated heterocycles. The zero-order valence-corrected chi connectivity index (χ0v) is 7.57. The smallest absolute Gasteiger partial charge is 0.664 e. The maximum atomic E-state index is 4.12. The number of hydrogen-bond acceptors (Lipinski definition) is 0. The minimum Gasteiger partial charge on any atom is -0.664 e. The van der Waals surface area contributed by atoms with E-state index in [0.29, 0.717) is 0 Å². The first-order valence-electron chi connectivity index (χ1n) is 3.18. The average molecular weight is 165 g/mol. The van der Waals surface area contributed by atoms with Crippen LogP contribution in [0.5, 0.6) is 0 Å². The molecule has 0 aliphatic carbocycles. The van der Waals surface area contributed by atoms with Crippen LogP contribution >= 0.6 is 0 Å². The van der Waals surface area contributed by atoms with Gasteiger partial charge in [-0.25, -0.2) is 0 Å². The number of rotatable bonds is 5. The van der Waals surface area contributed by atoms with Crippen molar-refractivity contribution in [1.29, 1.82) is 0 Å². The van der Waals surface area contributed by atoms with Gasteiger partial charge >= 0.3 is 18.6 Å². The van der Waals surface area contributed by atoms with Gasteiger partial charge < -0.3 is 10.6 Å². The van der Waals surface area contributed by atoms with Gasteiger partial charge in [0.15, 0.2) is 0 Å². The molecule has 0 bridgehead atoms. The van der Waals surface area contributed by atoms with Crippen LogP contribution in [-0.2, 0) is 18.6 Å². The summed E-state index contributed by atoms with van der Waals surface area (Å²) < 4.78 is 0. The molecule has 0 aromatic heterocycles. The van der Waals surface area contributed by atoms with E-state index >= 15 is 0 Å². The summed E-state index contributed by atoms with van der Waals surface area (Å²) in [5, 5.41) is 8.23. The molecule has 0 heterocycles. The van der Waals surface area contributed by atoms with E-state index in [4.69, 9.17) is 0 Å². The largest absolute Gasteiger partial charge is 2.00 e. The zero-order valence-electron chi connectivity index (χ0n) is 6.17. The molecule has 0 aromatic carbocycles. The van der Waals surface area contributed by atoms with Crippen molar-refractivity contribution in [1.82, 2.24) is 0 Å². The van der Waals surface area contributed by atoms with Crippen molar-refractivity contribution in [2.75, 3.05) is 26.2 Å². The average Bonchev–Trinajstić information content (AvgIpc) is 1.81. The van der Waals surface area contributed by atoms with Gasteiger partial charge in [-0.2, -0.15) is 26.2 Å². The van der Waals surface area contributed by atoms with Crippen LogP contribution in [0.15, 0.2) is 0 Å². The molecule has 0 aliphatic rings. The van der Waals surface area contributed by atoms with Crippen molar-refractivity contribution in [3.05, 3.63) is 10.6 Å². The maximum Gasteiger partial charge on any atom is 2.00 e. The molecule has 0 fully saturated rings. The molecule has 2 nitrogen and oxygen atoms in total. The SMILES string of the molecule is CC[N-]CC[N-]CC.[V+2]. The van der Waals surface area contributed by atoms with Gasteiger partial charge in [-0.3, -0.25) is 0 Å². The molecule has 0 aromatic rings. The van der Waals surface area contributed by atoms with E-state index in [9.17, 15) is 0 Å². The second kappa shape index (κ2) is 11.3. The normalized spacial score (nSPS) is 8.67. The van der Waals surface area contributed by atoms with Gasteiger partial charge in [-0.05, 0) is 0 Å². The van der Waals surface area contributed by atoms with Gasteiger partial charge in [-0.1, -0.05) is 13.8 Å². The molecule has 0 spiro atoms. The van der Waals surface area contributed by atoms with Crippen LogP contribution in [0.4, 0.5) is 0 Å². The summed E-state index contributed by atoms with van der Waals surface area (Å²) >= 11 is 0. The third-order valence-corrected chi connectivity index (χ3v) is 0.863. The van der Waals surface area contributed by atoms with Crippen molar-refractivity contribution in [3.8, 4) is 0 Å². The molecule has 0 saturated carbocycles. The molecule has 0 aliphatic heterocycles. The predicted octanol–water partition coefficient (Wildman–Crippen LogP) is 1.77. The molecular formula is C6H14N2V. The van der Waals surface area contributed by atoms with Crippen molar-refractivity contribution in [2.24, 2.45) is 0 Å². The molecule has 0 amide bonds. The summed E-state index contributed by atoms with van der Waals surface area (Å²) in [5.74, 6) is 0. The maximum absolute atomic E-state index is 4.12. The van der Waals surface area contributed by atoms with Gasteiger partial charge in [0.05, 0.1) is 0 Å². The molecule has 0 N–H and O–H groups in total. The summed E-state index contributed by atoms with van der Waals surface area (Å²) in [6.07, 6.45) is 0. The first-order chi connectivity index (χ1) is 3.91. The van der Waals surface area contributed by atoms with Crippen LogP contribution in [0.2, 0.25) is 0 Å². The Labute approximate surface area is 69.7 Å². The summed E-state index contributed by atoms with van der Waals surface area (Å²) in [7, 11) is 0.